The zero-order valence-electron chi connectivity index (χ0n) is 12.3. The van der Waals surface area contributed by atoms with Crippen molar-refractivity contribution < 1.29 is 0 Å². The monoisotopic (exact) mass is 264 g/mol. The molecule has 0 saturated heterocycles. The van der Waals surface area contributed by atoms with Gasteiger partial charge in [0.25, 0.3) is 0 Å². The first-order valence-electron chi connectivity index (χ1n) is 6.84. The molecule has 0 spiro atoms. The highest BCUT2D eigenvalue weighted by Gasteiger charge is 2.16. The molecule has 1 atom stereocenters. The third kappa shape index (κ3) is 3.87. The van der Waals surface area contributed by atoms with Gasteiger partial charge in [-0.1, -0.05) is 20.8 Å². The van der Waals surface area contributed by atoms with Crippen LogP contribution in [0.5, 0.6) is 0 Å². The highest BCUT2D eigenvalue weighted by atomic mass is 15.3. The van der Waals surface area contributed by atoms with Gasteiger partial charge in [0.15, 0.2) is 0 Å². The molecule has 0 aliphatic carbocycles. The standard InChI is InChI=1S/C13H24N6/c1-5-10-11(6-2)17-18-13(16-10)19(7-3)8-9(4)12(14)15/h9H,5-8H2,1-4H3,(H3,14,15). The van der Waals surface area contributed by atoms with E-state index in [0.717, 1.165) is 30.8 Å². The Morgan fingerprint density at radius 3 is 2.32 bits per heavy atom. The number of anilines is 1. The van der Waals surface area contributed by atoms with Crippen LogP contribution in [0, 0.1) is 11.3 Å². The Hall–Kier alpha value is -1.72. The number of nitrogens with zero attached hydrogens (tertiary/aromatic N) is 4. The van der Waals surface area contributed by atoms with Crippen LogP contribution in [0.25, 0.3) is 0 Å². The lowest BCUT2D eigenvalue weighted by Gasteiger charge is -2.24. The number of amidine groups is 1. The van der Waals surface area contributed by atoms with Gasteiger partial charge in [-0.25, -0.2) is 4.98 Å². The number of aryl methyl sites for hydroxylation is 2. The van der Waals surface area contributed by atoms with Gasteiger partial charge in [-0.05, 0) is 19.8 Å². The fraction of sp³-hybridized carbons (Fsp3) is 0.692. The summed E-state index contributed by atoms with van der Waals surface area (Å²) in [4.78, 5) is 6.60. The van der Waals surface area contributed by atoms with Crippen LogP contribution in [0.3, 0.4) is 0 Å². The Morgan fingerprint density at radius 1 is 1.21 bits per heavy atom. The van der Waals surface area contributed by atoms with Crippen molar-refractivity contribution in [2.45, 2.75) is 40.5 Å². The van der Waals surface area contributed by atoms with Crippen LogP contribution in [-0.2, 0) is 12.8 Å². The fourth-order valence-electron chi connectivity index (χ4n) is 1.84. The van der Waals surface area contributed by atoms with Crippen LogP contribution in [-0.4, -0.2) is 34.1 Å². The number of aromatic nitrogens is 3. The molecule has 0 fully saturated rings. The predicted octanol–water partition coefficient (Wildman–Crippen LogP) is 1.39. The molecule has 3 N–H and O–H groups in total. The van der Waals surface area contributed by atoms with Gasteiger partial charge in [-0.15, -0.1) is 5.10 Å². The van der Waals surface area contributed by atoms with Gasteiger partial charge in [-0.2, -0.15) is 5.10 Å². The Balaban J connectivity index is 2.95. The molecule has 0 aromatic carbocycles. The molecule has 0 aliphatic heterocycles. The Morgan fingerprint density at radius 2 is 1.84 bits per heavy atom. The summed E-state index contributed by atoms with van der Waals surface area (Å²) in [7, 11) is 0. The predicted molar refractivity (Wildman–Crippen MR) is 77.5 cm³/mol. The maximum atomic E-state index is 7.47. The lowest BCUT2D eigenvalue weighted by Crippen LogP contribution is -2.35. The summed E-state index contributed by atoms with van der Waals surface area (Å²) in [5.74, 6) is 0.802. The minimum absolute atomic E-state index is 0.0144. The van der Waals surface area contributed by atoms with Crippen LogP contribution in [0.1, 0.15) is 39.1 Å². The number of rotatable bonds is 7. The van der Waals surface area contributed by atoms with Gasteiger partial charge < -0.3 is 10.6 Å². The first kappa shape index (κ1) is 15.3. The van der Waals surface area contributed by atoms with Gasteiger partial charge in [0, 0.05) is 19.0 Å². The minimum Gasteiger partial charge on any atom is -0.387 e. The summed E-state index contributed by atoms with van der Waals surface area (Å²) in [6.07, 6.45) is 1.70. The molecule has 0 radical (unpaired) electrons. The van der Waals surface area contributed by atoms with Crippen LogP contribution < -0.4 is 10.6 Å². The smallest absolute Gasteiger partial charge is 0.245 e. The van der Waals surface area contributed by atoms with E-state index in [-0.39, 0.29) is 11.8 Å². The summed E-state index contributed by atoms with van der Waals surface area (Å²) in [5, 5.41) is 15.9. The molecule has 1 heterocycles. The van der Waals surface area contributed by atoms with Crippen molar-refractivity contribution in [3.05, 3.63) is 11.4 Å². The highest BCUT2D eigenvalue weighted by molar-refractivity contribution is 5.79. The normalized spacial score (nSPS) is 12.2. The maximum absolute atomic E-state index is 7.47. The molecule has 1 aromatic heterocycles. The molecule has 19 heavy (non-hydrogen) atoms. The topological polar surface area (TPSA) is 91.8 Å². The second kappa shape index (κ2) is 7.01. The van der Waals surface area contributed by atoms with Crippen molar-refractivity contribution in [1.82, 2.24) is 15.2 Å². The number of nitrogens with one attached hydrogen (secondary N) is 1. The lowest BCUT2D eigenvalue weighted by molar-refractivity contribution is 0.666. The molecular formula is C13H24N6. The summed E-state index contributed by atoms with van der Waals surface area (Å²) in [5.41, 5.74) is 7.48. The lowest BCUT2D eigenvalue weighted by atomic mass is 10.1. The Kier molecular flexibility index (Phi) is 5.66. The SMILES string of the molecule is CCc1nnc(N(CC)CC(C)C(=N)N)nc1CC. The number of nitrogens with two attached hydrogens (primary N) is 1. The molecule has 6 nitrogen and oxygen atoms in total. The van der Waals surface area contributed by atoms with E-state index in [4.69, 9.17) is 11.1 Å². The minimum atomic E-state index is -0.0144. The van der Waals surface area contributed by atoms with E-state index in [1.54, 1.807) is 0 Å². The fourth-order valence-corrected chi connectivity index (χ4v) is 1.84. The zero-order chi connectivity index (χ0) is 14.4. The van der Waals surface area contributed by atoms with Crippen molar-refractivity contribution in [3.63, 3.8) is 0 Å². The van der Waals surface area contributed by atoms with Crippen LogP contribution in [0.15, 0.2) is 0 Å². The average molecular weight is 264 g/mol. The molecule has 1 aromatic rings. The first-order chi connectivity index (χ1) is 9.03. The van der Waals surface area contributed by atoms with E-state index in [2.05, 4.69) is 29.0 Å². The van der Waals surface area contributed by atoms with Crippen molar-refractivity contribution in [1.29, 1.82) is 5.41 Å². The molecule has 1 rings (SSSR count). The van der Waals surface area contributed by atoms with Gasteiger partial charge in [0.1, 0.15) is 0 Å². The van der Waals surface area contributed by atoms with E-state index in [9.17, 15) is 0 Å². The highest BCUT2D eigenvalue weighted by Crippen LogP contribution is 2.12. The summed E-state index contributed by atoms with van der Waals surface area (Å²) >= 11 is 0. The average Bonchev–Trinajstić information content (AvgIpc) is 2.43. The van der Waals surface area contributed by atoms with Gasteiger partial charge in [0.2, 0.25) is 5.95 Å². The second-order valence-corrected chi connectivity index (χ2v) is 4.61. The molecular weight excluding hydrogens is 240 g/mol. The molecule has 0 saturated carbocycles. The number of hydrogen-bond acceptors (Lipinski definition) is 5. The van der Waals surface area contributed by atoms with Gasteiger partial charge in [0.05, 0.1) is 17.2 Å². The zero-order valence-corrected chi connectivity index (χ0v) is 12.3. The Labute approximate surface area is 114 Å². The van der Waals surface area contributed by atoms with Crippen molar-refractivity contribution in [2.75, 3.05) is 18.0 Å². The molecule has 0 aliphatic rings. The largest absolute Gasteiger partial charge is 0.387 e. The second-order valence-electron chi connectivity index (χ2n) is 4.61. The van der Waals surface area contributed by atoms with Crippen molar-refractivity contribution in [3.8, 4) is 0 Å². The van der Waals surface area contributed by atoms with Crippen LogP contribution in [0.4, 0.5) is 5.95 Å². The van der Waals surface area contributed by atoms with Crippen molar-refractivity contribution >= 4 is 11.8 Å². The summed E-state index contributed by atoms with van der Waals surface area (Å²) < 4.78 is 0. The van der Waals surface area contributed by atoms with E-state index in [1.807, 2.05) is 18.7 Å². The van der Waals surface area contributed by atoms with Crippen molar-refractivity contribution in [2.24, 2.45) is 11.7 Å². The van der Waals surface area contributed by atoms with Crippen LogP contribution in [0.2, 0.25) is 0 Å². The van der Waals surface area contributed by atoms with E-state index < -0.39 is 0 Å². The van der Waals surface area contributed by atoms with Gasteiger partial charge >= 0.3 is 0 Å². The number of hydrogen-bond donors (Lipinski definition) is 2. The van der Waals surface area contributed by atoms with E-state index in [1.165, 1.54) is 0 Å². The summed E-state index contributed by atoms with van der Waals surface area (Å²) in [6.45, 7) is 9.51. The molecule has 6 heteroatoms. The first-order valence-corrected chi connectivity index (χ1v) is 6.84. The quantitative estimate of drug-likeness (QED) is 0.573. The Bertz CT molecular complexity index is 431. The maximum Gasteiger partial charge on any atom is 0.245 e. The third-order valence-corrected chi connectivity index (χ3v) is 3.19. The van der Waals surface area contributed by atoms with Gasteiger partial charge in [-0.3, -0.25) is 5.41 Å². The van der Waals surface area contributed by atoms with E-state index >= 15 is 0 Å². The molecule has 0 bridgehead atoms. The van der Waals surface area contributed by atoms with Crippen LogP contribution >= 0.6 is 0 Å². The van der Waals surface area contributed by atoms with E-state index in [0.29, 0.717) is 12.5 Å². The molecule has 106 valence electrons. The molecule has 1 unspecified atom stereocenters. The summed E-state index contributed by atoms with van der Waals surface area (Å²) in [6, 6.07) is 0. The third-order valence-electron chi connectivity index (χ3n) is 3.19. The molecule has 0 amide bonds.